The van der Waals surface area contributed by atoms with Crippen LogP contribution in [0.2, 0.25) is 0 Å². The first-order valence-electron chi connectivity index (χ1n) is 11.0. The van der Waals surface area contributed by atoms with E-state index in [1.165, 1.54) is 6.92 Å². The number of carbonyl (C=O) groups excluding carboxylic acids is 2. The van der Waals surface area contributed by atoms with Crippen LogP contribution < -0.4 is 0 Å². The zero-order valence-corrected chi connectivity index (χ0v) is 18.7. The molecule has 0 saturated carbocycles. The van der Waals surface area contributed by atoms with Gasteiger partial charge in [-0.15, -0.1) is 0 Å². The van der Waals surface area contributed by atoms with Crippen molar-refractivity contribution >= 4 is 12.1 Å². The number of nitrogens with zero attached hydrogens (tertiary/aromatic N) is 1. The van der Waals surface area contributed by atoms with Crippen LogP contribution in [0.3, 0.4) is 0 Å². The molecule has 3 aromatic carbocycles. The van der Waals surface area contributed by atoms with E-state index in [9.17, 15) is 9.59 Å². The summed E-state index contributed by atoms with van der Waals surface area (Å²) >= 11 is 0. The molecule has 1 fully saturated rings. The fourth-order valence-corrected chi connectivity index (χ4v) is 4.12. The molecule has 1 aliphatic heterocycles. The van der Waals surface area contributed by atoms with Crippen molar-refractivity contribution in [1.29, 1.82) is 0 Å². The first kappa shape index (κ1) is 22.6. The van der Waals surface area contributed by atoms with E-state index in [1.807, 2.05) is 91.0 Å². The Morgan fingerprint density at radius 3 is 1.97 bits per heavy atom. The van der Waals surface area contributed by atoms with Gasteiger partial charge in [0.2, 0.25) is 6.29 Å². The molecule has 1 aliphatic rings. The van der Waals surface area contributed by atoms with Crippen molar-refractivity contribution in [3.63, 3.8) is 0 Å². The van der Waals surface area contributed by atoms with Crippen LogP contribution >= 0.6 is 0 Å². The number of benzene rings is 3. The van der Waals surface area contributed by atoms with Crippen molar-refractivity contribution in [2.45, 2.75) is 44.9 Å². The van der Waals surface area contributed by atoms with Gasteiger partial charge in [-0.25, -0.2) is 4.79 Å². The highest BCUT2D eigenvalue weighted by Crippen LogP contribution is 2.44. The minimum absolute atomic E-state index is 0.138. The maximum atomic E-state index is 13.5. The number of carbonyl (C=O) groups is 2. The van der Waals surface area contributed by atoms with Gasteiger partial charge in [0.1, 0.15) is 12.7 Å². The molecular formula is C27H27NO5. The van der Waals surface area contributed by atoms with E-state index in [1.54, 1.807) is 11.8 Å². The smallest absolute Gasteiger partial charge is 0.411 e. The Kier molecular flexibility index (Phi) is 7.05. The molecule has 1 unspecified atom stereocenters. The summed E-state index contributed by atoms with van der Waals surface area (Å²) in [5, 5.41) is 0. The Morgan fingerprint density at radius 2 is 1.39 bits per heavy atom. The molecule has 4 rings (SSSR count). The third-order valence-corrected chi connectivity index (χ3v) is 5.67. The minimum Gasteiger partial charge on any atom is -0.445 e. The van der Waals surface area contributed by atoms with Crippen LogP contribution in [-0.2, 0) is 25.6 Å². The Hall–Kier alpha value is -3.64. The zero-order chi connectivity index (χ0) is 23.2. The van der Waals surface area contributed by atoms with Crippen molar-refractivity contribution < 1.29 is 23.8 Å². The molecule has 3 aromatic rings. The Bertz CT molecular complexity index is 1060. The number of esters is 1. The van der Waals surface area contributed by atoms with Crippen LogP contribution in [0.5, 0.6) is 0 Å². The second-order valence-corrected chi connectivity index (χ2v) is 7.99. The average Bonchev–Trinajstić information content (AvgIpc) is 2.85. The lowest BCUT2D eigenvalue weighted by Gasteiger charge is -2.47. The number of hydrogen-bond donors (Lipinski definition) is 0. The molecule has 4 atom stereocenters. The van der Waals surface area contributed by atoms with Gasteiger partial charge in [-0.05, 0) is 23.6 Å². The number of ether oxygens (including phenoxy) is 3. The van der Waals surface area contributed by atoms with E-state index >= 15 is 0 Å². The molecule has 0 N–H and O–H groups in total. The average molecular weight is 446 g/mol. The van der Waals surface area contributed by atoms with Gasteiger partial charge in [-0.1, -0.05) is 91.0 Å². The second kappa shape index (κ2) is 10.3. The molecule has 0 aromatic heterocycles. The molecule has 0 bridgehead atoms. The fourth-order valence-electron chi connectivity index (χ4n) is 4.12. The number of amides is 1. The molecule has 1 saturated heterocycles. The summed E-state index contributed by atoms with van der Waals surface area (Å²) in [6, 6.07) is 27.8. The van der Waals surface area contributed by atoms with Crippen LogP contribution in [0.25, 0.3) is 0 Å². The topological polar surface area (TPSA) is 65.1 Å². The van der Waals surface area contributed by atoms with Crippen molar-refractivity contribution in [3.05, 3.63) is 108 Å². The van der Waals surface area contributed by atoms with E-state index in [2.05, 4.69) is 0 Å². The summed E-state index contributed by atoms with van der Waals surface area (Å²) in [5.41, 5.74) is 2.66. The fraction of sp³-hybridized carbons (Fsp3) is 0.259. The molecule has 0 radical (unpaired) electrons. The van der Waals surface area contributed by atoms with Crippen molar-refractivity contribution in [2.75, 3.05) is 0 Å². The molecule has 1 amide bonds. The lowest BCUT2D eigenvalue weighted by Crippen LogP contribution is -2.56. The normalized spacial score (nSPS) is 22.4. The molecule has 1 heterocycles. The molecule has 0 spiro atoms. The van der Waals surface area contributed by atoms with Gasteiger partial charge in [-0.3, -0.25) is 9.69 Å². The highest BCUT2D eigenvalue weighted by Gasteiger charge is 2.47. The first-order valence-corrected chi connectivity index (χ1v) is 11.0. The Labute approximate surface area is 193 Å². The third-order valence-electron chi connectivity index (χ3n) is 5.67. The molecular weight excluding hydrogens is 418 g/mol. The SMILES string of the molecule is CC(=O)OC1O[C@@H](c2ccccc2)[C@@H](c2ccccc2)N(C(=O)OCc2ccccc2)[C@H]1C. The molecule has 6 heteroatoms. The second-order valence-electron chi connectivity index (χ2n) is 7.99. The summed E-state index contributed by atoms with van der Waals surface area (Å²) in [7, 11) is 0. The van der Waals surface area contributed by atoms with Crippen LogP contribution in [0.15, 0.2) is 91.0 Å². The van der Waals surface area contributed by atoms with E-state index in [4.69, 9.17) is 14.2 Å². The minimum atomic E-state index is -0.933. The summed E-state index contributed by atoms with van der Waals surface area (Å²) in [6.45, 7) is 3.27. The van der Waals surface area contributed by atoms with Crippen molar-refractivity contribution in [1.82, 2.24) is 4.90 Å². The standard InChI is InChI=1S/C27H27NO5/c1-19-26(32-20(2)29)33-25(23-16-10-5-11-17-23)24(22-14-8-4-9-15-22)28(19)27(30)31-18-21-12-6-3-7-13-21/h3-17,19,24-26H,18H2,1-2H3/t19-,24+,25-,26?/m0/s1. The number of hydrogen-bond acceptors (Lipinski definition) is 5. The number of rotatable bonds is 5. The molecule has 33 heavy (non-hydrogen) atoms. The lowest BCUT2D eigenvalue weighted by atomic mass is 9.91. The quantitative estimate of drug-likeness (QED) is 0.491. The Balaban J connectivity index is 1.72. The van der Waals surface area contributed by atoms with E-state index in [0.717, 1.165) is 16.7 Å². The summed E-state index contributed by atoms with van der Waals surface area (Å²) in [5.74, 6) is -0.477. The predicted molar refractivity (Wildman–Crippen MR) is 123 cm³/mol. The van der Waals surface area contributed by atoms with Gasteiger partial charge >= 0.3 is 12.1 Å². The lowest BCUT2D eigenvalue weighted by molar-refractivity contribution is -0.242. The predicted octanol–water partition coefficient (Wildman–Crippen LogP) is 5.42. The molecule has 6 nitrogen and oxygen atoms in total. The zero-order valence-electron chi connectivity index (χ0n) is 18.7. The van der Waals surface area contributed by atoms with Crippen LogP contribution in [0.1, 0.15) is 42.7 Å². The van der Waals surface area contributed by atoms with Crippen LogP contribution in [0, 0.1) is 0 Å². The third kappa shape index (κ3) is 5.23. The molecule has 0 aliphatic carbocycles. The van der Waals surface area contributed by atoms with Gasteiger partial charge in [0.15, 0.2) is 0 Å². The van der Waals surface area contributed by atoms with Crippen LogP contribution in [-0.4, -0.2) is 29.3 Å². The summed E-state index contributed by atoms with van der Waals surface area (Å²) in [4.78, 5) is 26.9. The van der Waals surface area contributed by atoms with Gasteiger partial charge in [0.05, 0.1) is 12.1 Å². The summed E-state index contributed by atoms with van der Waals surface area (Å²) in [6.07, 6.45) is -1.99. The van der Waals surface area contributed by atoms with Gasteiger partial charge in [-0.2, -0.15) is 0 Å². The highest BCUT2D eigenvalue weighted by molar-refractivity contribution is 5.70. The maximum absolute atomic E-state index is 13.5. The maximum Gasteiger partial charge on any atom is 0.411 e. The van der Waals surface area contributed by atoms with Crippen molar-refractivity contribution in [3.8, 4) is 0 Å². The van der Waals surface area contributed by atoms with Gasteiger partial charge < -0.3 is 14.2 Å². The van der Waals surface area contributed by atoms with Crippen LogP contribution in [0.4, 0.5) is 4.79 Å². The first-order chi connectivity index (χ1) is 16.0. The largest absolute Gasteiger partial charge is 0.445 e. The van der Waals surface area contributed by atoms with E-state index in [0.29, 0.717) is 0 Å². The van der Waals surface area contributed by atoms with Gasteiger partial charge in [0.25, 0.3) is 0 Å². The number of morpholine rings is 1. The highest BCUT2D eigenvalue weighted by atomic mass is 16.7. The Morgan fingerprint density at radius 1 is 0.848 bits per heavy atom. The van der Waals surface area contributed by atoms with Crippen molar-refractivity contribution in [2.24, 2.45) is 0 Å². The van der Waals surface area contributed by atoms with Gasteiger partial charge in [0, 0.05) is 6.92 Å². The van der Waals surface area contributed by atoms with E-state index < -0.39 is 36.5 Å². The summed E-state index contributed by atoms with van der Waals surface area (Å²) < 4.78 is 17.5. The monoisotopic (exact) mass is 445 g/mol. The molecule has 170 valence electrons. The van der Waals surface area contributed by atoms with E-state index in [-0.39, 0.29) is 6.61 Å².